The summed E-state index contributed by atoms with van der Waals surface area (Å²) in [7, 11) is 0. The van der Waals surface area contributed by atoms with Gasteiger partial charge in [-0.15, -0.1) is 0 Å². The molecule has 0 N–H and O–H groups in total. The van der Waals surface area contributed by atoms with Crippen molar-refractivity contribution in [1.29, 1.82) is 0 Å². The monoisotopic (exact) mass is 251 g/mol. The average Bonchev–Trinajstić information content (AvgIpc) is 2.35. The topological polar surface area (TPSA) is 20.3 Å². The molecule has 0 aliphatic heterocycles. The van der Waals surface area contributed by atoms with E-state index in [4.69, 9.17) is 0 Å². The van der Waals surface area contributed by atoms with Crippen molar-refractivity contribution in [2.45, 2.75) is 46.2 Å². The number of ketones is 1. The van der Waals surface area contributed by atoms with Crippen molar-refractivity contribution in [2.24, 2.45) is 0 Å². The summed E-state index contributed by atoms with van der Waals surface area (Å²) in [5.74, 6) is -0.259. The molecule has 0 heterocycles. The van der Waals surface area contributed by atoms with Gasteiger partial charge in [-0.1, -0.05) is 6.92 Å². The summed E-state index contributed by atoms with van der Waals surface area (Å²) in [6, 6.07) is 5.93. The van der Waals surface area contributed by atoms with E-state index in [0.717, 1.165) is 13.0 Å². The van der Waals surface area contributed by atoms with Gasteiger partial charge in [0.2, 0.25) is 0 Å². The van der Waals surface area contributed by atoms with Crippen LogP contribution in [0.2, 0.25) is 0 Å². The Kier molecular flexibility index (Phi) is 5.48. The van der Waals surface area contributed by atoms with Crippen molar-refractivity contribution in [3.8, 4) is 0 Å². The normalized spacial score (nSPS) is 13.1. The van der Waals surface area contributed by atoms with Crippen LogP contribution >= 0.6 is 0 Å². The van der Waals surface area contributed by atoms with Gasteiger partial charge in [0.25, 0.3) is 0 Å². The molecule has 0 spiro atoms. The molecule has 1 atom stereocenters. The van der Waals surface area contributed by atoms with Gasteiger partial charge in [-0.3, -0.25) is 9.69 Å². The maximum absolute atomic E-state index is 12.8. The Hall–Kier alpha value is -1.22. The zero-order valence-corrected chi connectivity index (χ0v) is 11.6. The summed E-state index contributed by atoms with van der Waals surface area (Å²) in [6.07, 6.45) is 1.01. The van der Waals surface area contributed by atoms with E-state index < -0.39 is 0 Å². The predicted molar refractivity (Wildman–Crippen MR) is 72.3 cm³/mol. The number of nitrogens with zero attached hydrogens (tertiary/aromatic N) is 1. The molecule has 1 aromatic rings. The summed E-state index contributed by atoms with van der Waals surface area (Å²) >= 11 is 0. The van der Waals surface area contributed by atoms with E-state index in [1.54, 1.807) is 12.1 Å². The number of hydrogen-bond acceptors (Lipinski definition) is 2. The van der Waals surface area contributed by atoms with E-state index in [9.17, 15) is 9.18 Å². The van der Waals surface area contributed by atoms with Gasteiger partial charge in [-0.25, -0.2) is 4.39 Å². The van der Waals surface area contributed by atoms with Crippen LogP contribution in [0.4, 0.5) is 4.39 Å². The van der Waals surface area contributed by atoms with Gasteiger partial charge >= 0.3 is 0 Å². The van der Waals surface area contributed by atoms with Crippen molar-refractivity contribution in [3.63, 3.8) is 0 Å². The van der Waals surface area contributed by atoms with Crippen LogP contribution in [0.25, 0.3) is 0 Å². The Morgan fingerprint density at radius 3 is 2.22 bits per heavy atom. The molecule has 0 bridgehead atoms. The molecular formula is C15H22FNO. The highest BCUT2D eigenvalue weighted by Gasteiger charge is 2.23. The van der Waals surface area contributed by atoms with Crippen LogP contribution in [0.15, 0.2) is 24.3 Å². The maximum Gasteiger partial charge on any atom is 0.179 e. The summed E-state index contributed by atoms with van der Waals surface area (Å²) in [5.41, 5.74) is 0.575. The van der Waals surface area contributed by atoms with Crippen LogP contribution in [-0.4, -0.2) is 29.3 Å². The third kappa shape index (κ3) is 3.64. The molecule has 0 radical (unpaired) electrons. The summed E-state index contributed by atoms with van der Waals surface area (Å²) in [6.45, 7) is 9.09. The fourth-order valence-electron chi connectivity index (χ4n) is 2.16. The van der Waals surface area contributed by atoms with Gasteiger partial charge in [-0.05, 0) is 58.0 Å². The molecule has 2 nitrogen and oxygen atoms in total. The number of carbonyl (C=O) groups is 1. The van der Waals surface area contributed by atoms with Crippen LogP contribution in [0.3, 0.4) is 0 Å². The minimum absolute atomic E-state index is 0.0529. The van der Waals surface area contributed by atoms with Crippen LogP contribution in [0.1, 0.15) is 44.5 Å². The van der Waals surface area contributed by atoms with Gasteiger partial charge < -0.3 is 0 Å². The number of carbonyl (C=O) groups excluding carboxylic acids is 1. The van der Waals surface area contributed by atoms with Crippen molar-refractivity contribution in [2.75, 3.05) is 6.54 Å². The first-order chi connectivity index (χ1) is 8.47. The smallest absolute Gasteiger partial charge is 0.179 e. The Morgan fingerprint density at radius 1 is 1.22 bits per heavy atom. The lowest BCUT2D eigenvalue weighted by Gasteiger charge is -2.31. The zero-order chi connectivity index (χ0) is 13.7. The molecule has 3 heteroatoms. The quantitative estimate of drug-likeness (QED) is 0.721. The second-order valence-electron chi connectivity index (χ2n) is 4.88. The highest BCUT2D eigenvalue weighted by atomic mass is 19.1. The number of rotatable bonds is 6. The molecule has 18 heavy (non-hydrogen) atoms. The maximum atomic E-state index is 12.8. The first-order valence-electron chi connectivity index (χ1n) is 6.52. The van der Waals surface area contributed by atoms with Crippen molar-refractivity contribution in [3.05, 3.63) is 35.6 Å². The molecule has 0 saturated carbocycles. The molecule has 100 valence electrons. The second-order valence-corrected chi connectivity index (χ2v) is 4.88. The third-order valence-corrected chi connectivity index (χ3v) is 3.15. The molecule has 0 saturated heterocycles. The fourth-order valence-corrected chi connectivity index (χ4v) is 2.16. The highest BCUT2D eigenvalue weighted by molar-refractivity contribution is 5.99. The lowest BCUT2D eigenvalue weighted by molar-refractivity contribution is 0.0789. The predicted octanol–water partition coefficient (Wildman–Crippen LogP) is 3.52. The average molecular weight is 251 g/mol. The largest absolute Gasteiger partial charge is 0.292 e. The number of Topliss-reactive ketones (excluding diaryl/α,β-unsaturated/α-hetero) is 1. The minimum Gasteiger partial charge on any atom is -0.292 e. The summed E-state index contributed by atoms with van der Waals surface area (Å²) < 4.78 is 12.8. The van der Waals surface area contributed by atoms with E-state index in [2.05, 4.69) is 25.7 Å². The van der Waals surface area contributed by atoms with Crippen molar-refractivity contribution in [1.82, 2.24) is 4.90 Å². The number of benzene rings is 1. The van der Waals surface area contributed by atoms with Gasteiger partial charge in [-0.2, -0.15) is 0 Å². The van der Waals surface area contributed by atoms with E-state index in [0.29, 0.717) is 11.6 Å². The van der Waals surface area contributed by atoms with E-state index in [1.165, 1.54) is 12.1 Å². The molecule has 1 rings (SSSR count). The van der Waals surface area contributed by atoms with Gasteiger partial charge in [0.15, 0.2) is 5.78 Å². The first-order valence-corrected chi connectivity index (χ1v) is 6.52. The highest BCUT2D eigenvalue weighted by Crippen LogP contribution is 2.13. The van der Waals surface area contributed by atoms with Crippen molar-refractivity contribution < 1.29 is 9.18 Å². The molecule has 1 unspecified atom stereocenters. The number of hydrogen-bond donors (Lipinski definition) is 0. The molecule has 1 aromatic carbocycles. The Morgan fingerprint density at radius 2 is 1.78 bits per heavy atom. The summed E-state index contributed by atoms with van der Waals surface area (Å²) in [5, 5.41) is 0. The standard InChI is InChI=1S/C15H22FNO/c1-5-10-17(11(2)3)12(4)15(18)13-6-8-14(16)9-7-13/h6-9,11-12H,5,10H2,1-4H3. The van der Waals surface area contributed by atoms with E-state index >= 15 is 0 Å². The molecule has 0 aromatic heterocycles. The fraction of sp³-hybridized carbons (Fsp3) is 0.533. The van der Waals surface area contributed by atoms with Crippen LogP contribution < -0.4 is 0 Å². The van der Waals surface area contributed by atoms with E-state index in [1.807, 2.05) is 6.92 Å². The Balaban J connectivity index is 2.84. The molecule has 0 fully saturated rings. The minimum atomic E-state index is -0.312. The summed E-state index contributed by atoms with van der Waals surface area (Å²) in [4.78, 5) is 14.5. The Labute approximate surface area is 109 Å². The van der Waals surface area contributed by atoms with Crippen LogP contribution in [0, 0.1) is 5.82 Å². The first kappa shape index (κ1) is 14.8. The van der Waals surface area contributed by atoms with Crippen LogP contribution in [-0.2, 0) is 0 Å². The van der Waals surface area contributed by atoms with Gasteiger partial charge in [0.1, 0.15) is 5.82 Å². The van der Waals surface area contributed by atoms with Crippen molar-refractivity contribution >= 4 is 5.78 Å². The molecule has 0 aliphatic carbocycles. The SMILES string of the molecule is CCCN(C(C)C)C(C)C(=O)c1ccc(F)cc1. The Bertz CT molecular complexity index is 386. The lowest BCUT2D eigenvalue weighted by Crippen LogP contribution is -2.43. The second kappa shape index (κ2) is 6.64. The number of halogens is 1. The van der Waals surface area contributed by atoms with Crippen LogP contribution in [0.5, 0.6) is 0 Å². The third-order valence-electron chi connectivity index (χ3n) is 3.15. The zero-order valence-electron chi connectivity index (χ0n) is 11.6. The van der Waals surface area contributed by atoms with Gasteiger partial charge in [0.05, 0.1) is 6.04 Å². The molecule has 0 aliphatic rings. The molecule has 0 amide bonds. The van der Waals surface area contributed by atoms with Gasteiger partial charge in [0, 0.05) is 11.6 Å². The molecular weight excluding hydrogens is 229 g/mol. The lowest BCUT2D eigenvalue weighted by atomic mass is 10.0. The van der Waals surface area contributed by atoms with E-state index in [-0.39, 0.29) is 17.6 Å².